The van der Waals surface area contributed by atoms with Crippen LogP contribution in [0.1, 0.15) is 18.1 Å². The Morgan fingerprint density at radius 1 is 1.00 bits per heavy atom. The third kappa shape index (κ3) is 5.14. The van der Waals surface area contributed by atoms with Gasteiger partial charge in [-0.25, -0.2) is 4.79 Å². The Bertz CT molecular complexity index is 671. The highest BCUT2D eigenvalue weighted by Gasteiger charge is 2.10. The van der Waals surface area contributed by atoms with E-state index in [1.165, 1.54) is 6.92 Å². The summed E-state index contributed by atoms with van der Waals surface area (Å²) in [7, 11) is 1.75. The van der Waals surface area contributed by atoms with Crippen molar-refractivity contribution in [2.45, 2.75) is 20.0 Å². The number of benzene rings is 2. The van der Waals surface area contributed by atoms with Gasteiger partial charge in [0.2, 0.25) is 5.91 Å². The van der Waals surface area contributed by atoms with Crippen molar-refractivity contribution in [2.75, 3.05) is 12.4 Å². The van der Waals surface area contributed by atoms with Crippen LogP contribution in [0.4, 0.5) is 10.5 Å². The molecule has 0 radical (unpaired) electrons. The number of amides is 3. The van der Waals surface area contributed by atoms with E-state index in [4.69, 9.17) is 0 Å². The monoisotopic (exact) mass is 311 g/mol. The van der Waals surface area contributed by atoms with E-state index >= 15 is 0 Å². The Balaban J connectivity index is 1.92. The number of carbonyl (C=O) groups excluding carboxylic acids is 2. The molecule has 2 N–H and O–H groups in total. The van der Waals surface area contributed by atoms with Gasteiger partial charge < -0.3 is 15.5 Å². The first kappa shape index (κ1) is 16.5. The quantitative estimate of drug-likeness (QED) is 0.891. The molecule has 2 aromatic carbocycles. The molecule has 120 valence electrons. The molecule has 0 bridgehead atoms. The number of carbonyl (C=O) groups is 2. The number of nitrogens with one attached hydrogen (secondary N) is 2. The van der Waals surface area contributed by atoms with Gasteiger partial charge in [0.25, 0.3) is 0 Å². The average molecular weight is 311 g/mol. The molecule has 0 aliphatic heterocycles. The Morgan fingerprint density at radius 3 is 2.35 bits per heavy atom. The normalized spacial score (nSPS) is 10.0. The number of para-hydroxylation sites is 1. The Hall–Kier alpha value is -2.82. The van der Waals surface area contributed by atoms with Gasteiger partial charge in [-0.05, 0) is 17.2 Å². The maximum absolute atomic E-state index is 12.2. The van der Waals surface area contributed by atoms with Crippen LogP contribution in [0.3, 0.4) is 0 Å². The summed E-state index contributed by atoms with van der Waals surface area (Å²) >= 11 is 0. The van der Waals surface area contributed by atoms with E-state index in [-0.39, 0.29) is 11.9 Å². The molecular weight excluding hydrogens is 290 g/mol. The highest BCUT2D eigenvalue weighted by Crippen LogP contribution is 2.14. The van der Waals surface area contributed by atoms with Gasteiger partial charge in [-0.3, -0.25) is 4.79 Å². The van der Waals surface area contributed by atoms with Gasteiger partial charge in [0.05, 0.1) is 0 Å². The molecule has 0 saturated heterocycles. The van der Waals surface area contributed by atoms with Crippen LogP contribution in [0.2, 0.25) is 0 Å². The second kappa shape index (κ2) is 7.98. The second-order valence-corrected chi connectivity index (χ2v) is 5.34. The molecule has 2 rings (SSSR count). The van der Waals surface area contributed by atoms with E-state index in [0.29, 0.717) is 18.8 Å². The minimum Gasteiger partial charge on any atom is -0.334 e. The molecular formula is C18H21N3O2. The number of anilines is 1. The summed E-state index contributed by atoms with van der Waals surface area (Å²) in [5.41, 5.74) is 2.65. The predicted molar refractivity (Wildman–Crippen MR) is 90.9 cm³/mol. The lowest BCUT2D eigenvalue weighted by Gasteiger charge is -2.19. The minimum atomic E-state index is -0.161. The predicted octanol–water partition coefficient (Wildman–Crippen LogP) is 2.99. The maximum Gasteiger partial charge on any atom is 0.317 e. The van der Waals surface area contributed by atoms with Gasteiger partial charge in [-0.1, -0.05) is 48.5 Å². The minimum absolute atomic E-state index is 0.134. The summed E-state index contributed by atoms with van der Waals surface area (Å²) in [4.78, 5) is 25.0. The van der Waals surface area contributed by atoms with E-state index in [1.807, 2.05) is 54.6 Å². The van der Waals surface area contributed by atoms with Crippen LogP contribution >= 0.6 is 0 Å². The van der Waals surface area contributed by atoms with Crippen molar-refractivity contribution in [1.82, 2.24) is 10.2 Å². The first-order valence-electron chi connectivity index (χ1n) is 7.44. The van der Waals surface area contributed by atoms with Gasteiger partial charge in [-0.2, -0.15) is 0 Å². The van der Waals surface area contributed by atoms with Crippen molar-refractivity contribution in [1.29, 1.82) is 0 Å². The van der Waals surface area contributed by atoms with E-state index in [9.17, 15) is 9.59 Å². The van der Waals surface area contributed by atoms with Crippen molar-refractivity contribution in [2.24, 2.45) is 0 Å². The molecule has 0 spiro atoms. The summed E-state index contributed by atoms with van der Waals surface area (Å²) in [6, 6.07) is 17.1. The van der Waals surface area contributed by atoms with E-state index in [0.717, 1.165) is 11.1 Å². The third-order valence-electron chi connectivity index (χ3n) is 3.37. The fourth-order valence-electron chi connectivity index (χ4n) is 2.22. The number of rotatable bonds is 5. The smallest absolute Gasteiger partial charge is 0.317 e. The molecule has 2 aromatic rings. The number of hydrogen-bond donors (Lipinski definition) is 2. The highest BCUT2D eigenvalue weighted by molar-refractivity contribution is 5.89. The van der Waals surface area contributed by atoms with Crippen molar-refractivity contribution >= 4 is 17.6 Å². The maximum atomic E-state index is 12.2. The van der Waals surface area contributed by atoms with Crippen LogP contribution in [0.5, 0.6) is 0 Å². The topological polar surface area (TPSA) is 61.4 Å². The lowest BCUT2D eigenvalue weighted by molar-refractivity contribution is -0.114. The van der Waals surface area contributed by atoms with E-state index in [1.54, 1.807) is 11.9 Å². The first-order chi connectivity index (χ1) is 11.1. The molecule has 5 nitrogen and oxygen atoms in total. The van der Waals surface area contributed by atoms with Crippen LogP contribution in [0.25, 0.3) is 0 Å². The molecule has 0 saturated carbocycles. The molecule has 0 atom stereocenters. The summed E-state index contributed by atoms with van der Waals surface area (Å²) in [5, 5.41) is 5.63. The fraction of sp³-hybridized carbons (Fsp3) is 0.222. The molecule has 0 unspecified atom stereocenters. The standard InChI is InChI=1S/C18H21N3O2/c1-14(22)20-17-11-7-6-10-16(17)12-19-18(23)21(2)13-15-8-4-3-5-9-15/h3-11H,12-13H2,1-2H3,(H,19,23)(H,20,22). The van der Waals surface area contributed by atoms with Crippen LogP contribution < -0.4 is 10.6 Å². The Morgan fingerprint density at radius 2 is 1.65 bits per heavy atom. The molecule has 0 heterocycles. The number of hydrogen-bond acceptors (Lipinski definition) is 2. The zero-order valence-electron chi connectivity index (χ0n) is 13.4. The lowest BCUT2D eigenvalue weighted by atomic mass is 10.1. The largest absolute Gasteiger partial charge is 0.334 e. The summed E-state index contributed by atoms with van der Waals surface area (Å²) < 4.78 is 0. The van der Waals surface area contributed by atoms with Crippen molar-refractivity contribution in [3.8, 4) is 0 Å². The average Bonchev–Trinajstić information content (AvgIpc) is 2.54. The van der Waals surface area contributed by atoms with E-state index in [2.05, 4.69) is 10.6 Å². The number of nitrogens with zero attached hydrogens (tertiary/aromatic N) is 1. The van der Waals surface area contributed by atoms with Crippen LogP contribution in [0, 0.1) is 0 Å². The zero-order chi connectivity index (χ0) is 16.7. The van der Waals surface area contributed by atoms with Gasteiger partial charge in [0.1, 0.15) is 0 Å². The fourth-order valence-corrected chi connectivity index (χ4v) is 2.22. The summed E-state index contributed by atoms with van der Waals surface area (Å²) in [6.45, 7) is 2.36. The zero-order valence-corrected chi connectivity index (χ0v) is 13.4. The third-order valence-corrected chi connectivity index (χ3v) is 3.37. The van der Waals surface area contributed by atoms with Gasteiger partial charge in [-0.15, -0.1) is 0 Å². The highest BCUT2D eigenvalue weighted by atomic mass is 16.2. The molecule has 0 aromatic heterocycles. The van der Waals surface area contributed by atoms with E-state index < -0.39 is 0 Å². The SMILES string of the molecule is CC(=O)Nc1ccccc1CNC(=O)N(C)Cc1ccccc1. The molecule has 23 heavy (non-hydrogen) atoms. The summed E-state index contributed by atoms with van der Waals surface area (Å²) in [6.07, 6.45) is 0. The van der Waals surface area contributed by atoms with Gasteiger partial charge in [0.15, 0.2) is 0 Å². The lowest BCUT2D eigenvalue weighted by Crippen LogP contribution is -2.36. The molecule has 3 amide bonds. The molecule has 0 fully saturated rings. The van der Waals surface area contributed by atoms with Crippen LogP contribution in [-0.2, 0) is 17.9 Å². The number of urea groups is 1. The van der Waals surface area contributed by atoms with Crippen molar-refractivity contribution in [3.63, 3.8) is 0 Å². The Labute approximate surface area is 136 Å². The Kier molecular flexibility index (Phi) is 5.74. The molecule has 0 aliphatic carbocycles. The van der Waals surface area contributed by atoms with Crippen molar-refractivity contribution < 1.29 is 9.59 Å². The molecule has 5 heteroatoms. The van der Waals surface area contributed by atoms with Crippen molar-refractivity contribution in [3.05, 3.63) is 65.7 Å². The summed E-state index contributed by atoms with van der Waals surface area (Å²) in [5.74, 6) is -0.134. The first-order valence-corrected chi connectivity index (χ1v) is 7.44. The van der Waals surface area contributed by atoms with Gasteiger partial charge in [0, 0.05) is 32.7 Å². The van der Waals surface area contributed by atoms with Gasteiger partial charge >= 0.3 is 6.03 Å². The molecule has 0 aliphatic rings. The van der Waals surface area contributed by atoms with Crippen LogP contribution in [-0.4, -0.2) is 23.9 Å². The van der Waals surface area contributed by atoms with Crippen LogP contribution in [0.15, 0.2) is 54.6 Å². The second-order valence-electron chi connectivity index (χ2n) is 5.34.